The quantitative estimate of drug-likeness (QED) is 0.328. The molecule has 1 aliphatic heterocycles. The second-order valence-electron chi connectivity index (χ2n) is 9.03. The van der Waals surface area contributed by atoms with Crippen molar-refractivity contribution in [2.75, 3.05) is 13.2 Å². The number of hydrogen-bond acceptors (Lipinski definition) is 7. The van der Waals surface area contributed by atoms with Gasteiger partial charge in [0.1, 0.15) is 17.3 Å². The van der Waals surface area contributed by atoms with Gasteiger partial charge in [-0.05, 0) is 44.0 Å². The van der Waals surface area contributed by atoms with E-state index in [-0.39, 0.29) is 18.5 Å². The van der Waals surface area contributed by atoms with Crippen LogP contribution in [0.3, 0.4) is 0 Å². The van der Waals surface area contributed by atoms with E-state index in [2.05, 4.69) is 42.6 Å². The summed E-state index contributed by atoms with van der Waals surface area (Å²) in [5, 5.41) is 13.4. The lowest BCUT2D eigenvalue weighted by Crippen LogP contribution is -2.53. The summed E-state index contributed by atoms with van der Waals surface area (Å²) in [7, 11) is 0. The maximum Gasteiger partial charge on any atom is 0.244 e. The van der Waals surface area contributed by atoms with Crippen LogP contribution in [0.1, 0.15) is 47.5 Å². The van der Waals surface area contributed by atoms with Crippen LogP contribution < -0.4 is 5.32 Å². The molecule has 10 heteroatoms. The van der Waals surface area contributed by atoms with Crippen molar-refractivity contribution in [2.24, 2.45) is 0 Å². The van der Waals surface area contributed by atoms with Crippen molar-refractivity contribution < 1.29 is 13.5 Å². The molecule has 1 unspecified atom stereocenters. The van der Waals surface area contributed by atoms with Crippen LogP contribution in [0.5, 0.6) is 0 Å². The minimum absolute atomic E-state index is 0.223. The normalized spacial score (nSPS) is 19.6. The summed E-state index contributed by atoms with van der Waals surface area (Å²) < 4.78 is 25.8. The van der Waals surface area contributed by atoms with Crippen LogP contribution in [-0.2, 0) is 16.7 Å². The van der Waals surface area contributed by atoms with Crippen LogP contribution >= 0.6 is 0 Å². The number of ether oxygens (including phenoxy) is 1. The Morgan fingerprint density at radius 1 is 1.11 bits per heavy atom. The number of aromatic nitrogens is 6. The second-order valence-corrected chi connectivity index (χ2v) is 9.03. The summed E-state index contributed by atoms with van der Waals surface area (Å²) in [5.74, 6) is 1.28. The monoisotopic (exact) mass is 487 g/mol. The summed E-state index contributed by atoms with van der Waals surface area (Å²) in [6, 6.07) is 11.0. The van der Waals surface area contributed by atoms with Gasteiger partial charge < -0.3 is 19.1 Å². The SMILES string of the molecule is CCOCC1(c2nnc(C)o2)N[C@@H](c2nc(-c3ccc(F)c(C)n3)c[nH]2)Cc2c1[nH]c1ccccc21. The molecule has 0 amide bonds. The highest BCUT2D eigenvalue weighted by Crippen LogP contribution is 2.42. The summed E-state index contributed by atoms with van der Waals surface area (Å²) in [5.41, 5.74) is 3.77. The van der Waals surface area contributed by atoms with Gasteiger partial charge in [-0.2, -0.15) is 0 Å². The van der Waals surface area contributed by atoms with Gasteiger partial charge in [0.25, 0.3) is 0 Å². The molecule has 6 rings (SSSR count). The van der Waals surface area contributed by atoms with Crippen molar-refractivity contribution >= 4 is 10.9 Å². The molecule has 0 radical (unpaired) electrons. The van der Waals surface area contributed by atoms with Crippen LogP contribution in [-0.4, -0.2) is 43.3 Å². The molecule has 184 valence electrons. The minimum Gasteiger partial charge on any atom is -0.423 e. The predicted octanol–water partition coefficient (Wildman–Crippen LogP) is 4.26. The number of imidazole rings is 1. The molecule has 2 atom stereocenters. The number of hydrogen-bond donors (Lipinski definition) is 3. The highest BCUT2D eigenvalue weighted by Gasteiger charge is 2.49. The molecular formula is C26H26FN7O2. The Bertz CT molecular complexity index is 1550. The lowest BCUT2D eigenvalue weighted by atomic mass is 9.83. The van der Waals surface area contributed by atoms with Crippen molar-refractivity contribution in [3.05, 3.63) is 83.0 Å². The van der Waals surface area contributed by atoms with Crippen LogP contribution in [0.25, 0.3) is 22.3 Å². The van der Waals surface area contributed by atoms with Crippen molar-refractivity contribution in [1.29, 1.82) is 0 Å². The summed E-state index contributed by atoms with van der Waals surface area (Å²) in [6.07, 6.45) is 2.46. The van der Waals surface area contributed by atoms with Crippen molar-refractivity contribution in [2.45, 2.75) is 38.8 Å². The zero-order valence-electron chi connectivity index (χ0n) is 20.2. The van der Waals surface area contributed by atoms with Crippen molar-refractivity contribution in [1.82, 2.24) is 35.5 Å². The molecule has 1 aromatic carbocycles. The van der Waals surface area contributed by atoms with Gasteiger partial charge in [0, 0.05) is 30.6 Å². The van der Waals surface area contributed by atoms with Gasteiger partial charge in [-0.3, -0.25) is 5.32 Å². The second kappa shape index (κ2) is 8.65. The number of H-pyrrole nitrogens is 2. The Morgan fingerprint density at radius 3 is 2.75 bits per heavy atom. The Labute approximate surface area is 206 Å². The van der Waals surface area contributed by atoms with Gasteiger partial charge in [-0.25, -0.2) is 14.4 Å². The van der Waals surface area contributed by atoms with E-state index in [9.17, 15) is 4.39 Å². The van der Waals surface area contributed by atoms with Crippen LogP contribution in [0, 0.1) is 19.7 Å². The number of nitrogens with zero attached hydrogens (tertiary/aromatic N) is 4. The summed E-state index contributed by atoms with van der Waals surface area (Å²) >= 11 is 0. The number of rotatable bonds is 6. The summed E-state index contributed by atoms with van der Waals surface area (Å²) in [6.45, 7) is 6.18. The molecule has 5 aromatic rings. The number of fused-ring (bicyclic) bond motifs is 3. The zero-order valence-corrected chi connectivity index (χ0v) is 20.2. The Hall–Kier alpha value is -3.89. The minimum atomic E-state index is -0.911. The fourth-order valence-corrected chi connectivity index (χ4v) is 4.97. The van der Waals surface area contributed by atoms with Gasteiger partial charge in [-0.1, -0.05) is 18.2 Å². The maximum absolute atomic E-state index is 13.8. The third-order valence-electron chi connectivity index (χ3n) is 6.69. The van der Waals surface area contributed by atoms with Gasteiger partial charge in [-0.15, -0.1) is 10.2 Å². The van der Waals surface area contributed by atoms with Crippen molar-refractivity contribution in [3.63, 3.8) is 0 Å². The highest BCUT2D eigenvalue weighted by atomic mass is 19.1. The number of nitrogens with one attached hydrogen (secondary N) is 3. The molecule has 0 spiro atoms. The number of halogens is 1. The average Bonchev–Trinajstić information content (AvgIpc) is 3.63. The highest BCUT2D eigenvalue weighted by molar-refractivity contribution is 5.85. The number of benzene rings is 1. The van der Waals surface area contributed by atoms with Gasteiger partial charge >= 0.3 is 0 Å². The molecule has 0 bridgehead atoms. The average molecular weight is 488 g/mol. The number of aryl methyl sites for hydroxylation is 2. The molecule has 0 aliphatic carbocycles. The molecular weight excluding hydrogens is 461 g/mol. The molecule has 4 aromatic heterocycles. The van der Waals surface area contributed by atoms with E-state index in [1.807, 2.05) is 19.1 Å². The van der Waals surface area contributed by atoms with Gasteiger partial charge in [0.15, 0.2) is 5.54 Å². The van der Waals surface area contributed by atoms with E-state index in [1.165, 1.54) is 6.07 Å². The summed E-state index contributed by atoms with van der Waals surface area (Å²) in [4.78, 5) is 16.1. The predicted molar refractivity (Wildman–Crippen MR) is 131 cm³/mol. The van der Waals surface area contributed by atoms with Crippen LogP contribution in [0.4, 0.5) is 4.39 Å². The van der Waals surface area contributed by atoms with E-state index >= 15 is 0 Å². The molecule has 0 saturated heterocycles. The smallest absolute Gasteiger partial charge is 0.244 e. The topological polar surface area (TPSA) is 118 Å². The number of aromatic amines is 2. The molecule has 36 heavy (non-hydrogen) atoms. The zero-order chi connectivity index (χ0) is 24.9. The van der Waals surface area contributed by atoms with Crippen LogP contribution in [0.2, 0.25) is 0 Å². The molecule has 1 aliphatic rings. The van der Waals surface area contributed by atoms with Crippen molar-refractivity contribution in [3.8, 4) is 11.4 Å². The number of pyridine rings is 1. The first kappa shape index (κ1) is 22.6. The first-order valence-corrected chi connectivity index (χ1v) is 11.9. The third kappa shape index (κ3) is 3.61. The molecule has 0 fully saturated rings. The van der Waals surface area contributed by atoms with Gasteiger partial charge in [0.05, 0.1) is 29.7 Å². The molecule has 0 saturated carbocycles. The Balaban J connectivity index is 1.49. The van der Waals surface area contributed by atoms with E-state index in [0.29, 0.717) is 41.9 Å². The molecule has 9 nitrogen and oxygen atoms in total. The van der Waals surface area contributed by atoms with E-state index < -0.39 is 5.54 Å². The molecule has 3 N–H and O–H groups in total. The first-order chi connectivity index (χ1) is 17.5. The fraction of sp³-hybridized carbons (Fsp3) is 0.308. The first-order valence-electron chi connectivity index (χ1n) is 11.9. The third-order valence-corrected chi connectivity index (χ3v) is 6.69. The standard InChI is InChI=1S/C26H26FN7O2/c1-4-35-13-26(25-34-33-15(3)36-25)23-17(16-7-5-6-8-19(16)30-23)11-21(32-26)24-28-12-22(31-24)20-10-9-18(27)14(2)29-20/h5-10,12,21,30,32H,4,11,13H2,1-3H3,(H,28,31)/t21-,26?/m1/s1. The number of para-hydroxylation sites is 1. The van der Waals surface area contributed by atoms with Gasteiger partial charge in [0.2, 0.25) is 11.8 Å². The fourth-order valence-electron chi connectivity index (χ4n) is 4.97. The maximum atomic E-state index is 13.8. The Morgan fingerprint density at radius 2 is 1.97 bits per heavy atom. The Kier molecular flexibility index (Phi) is 5.42. The van der Waals surface area contributed by atoms with E-state index in [4.69, 9.17) is 14.1 Å². The lowest BCUT2D eigenvalue weighted by Gasteiger charge is -2.39. The molecule has 5 heterocycles. The van der Waals surface area contributed by atoms with E-state index in [0.717, 1.165) is 28.0 Å². The lowest BCUT2D eigenvalue weighted by molar-refractivity contribution is 0.0657. The largest absolute Gasteiger partial charge is 0.423 e. The van der Waals surface area contributed by atoms with Crippen LogP contribution in [0.15, 0.2) is 47.0 Å². The van der Waals surface area contributed by atoms with E-state index in [1.54, 1.807) is 26.1 Å².